The molecule has 0 radical (unpaired) electrons. The van der Waals surface area contributed by atoms with Crippen LogP contribution in [-0.4, -0.2) is 31.1 Å². The number of nitroso groups, excluding NO2 is 1. The Morgan fingerprint density at radius 1 is 1.33 bits per heavy atom. The lowest BCUT2D eigenvalue weighted by molar-refractivity contribution is 0.349. The summed E-state index contributed by atoms with van der Waals surface area (Å²) in [6.45, 7) is 3.65. The Bertz CT molecular complexity index is 89.1. The fourth-order valence-electron chi connectivity index (χ4n) is 1.19. The van der Waals surface area contributed by atoms with Crippen molar-refractivity contribution in [3.63, 3.8) is 0 Å². The van der Waals surface area contributed by atoms with E-state index in [0.717, 1.165) is 19.6 Å². The molecule has 3 nitrogen and oxygen atoms in total. The summed E-state index contributed by atoms with van der Waals surface area (Å²) >= 11 is 0. The van der Waals surface area contributed by atoms with E-state index in [2.05, 4.69) is 10.1 Å². The summed E-state index contributed by atoms with van der Waals surface area (Å²) in [5, 5.41) is 2.81. The number of hydrogen-bond acceptors (Lipinski definition) is 3. The minimum atomic E-state index is 0.458. The van der Waals surface area contributed by atoms with Gasteiger partial charge in [0.1, 0.15) is 0 Å². The number of rotatable bonds is 3. The molecule has 1 heterocycles. The highest BCUT2D eigenvalue weighted by Crippen LogP contribution is 2.05. The Morgan fingerprint density at radius 2 is 2.00 bits per heavy atom. The largest absolute Gasteiger partial charge is 0.301 e. The van der Waals surface area contributed by atoms with Crippen molar-refractivity contribution in [2.45, 2.75) is 12.8 Å². The van der Waals surface area contributed by atoms with E-state index in [1.54, 1.807) is 0 Å². The Morgan fingerprint density at radius 3 is 2.56 bits per heavy atom. The summed E-state index contributed by atoms with van der Waals surface area (Å²) in [7, 11) is 0. The van der Waals surface area contributed by atoms with Crippen molar-refractivity contribution in [2.24, 2.45) is 5.18 Å². The average molecular weight is 128 g/mol. The Labute approximate surface area is 55.0 Å². The molecule has 1 aliphatic heterocycles. The molecule has 0 aromatic heterocycles. The topological polar surface area (TPSA) is 32.7 Å². The third-order valence-electron chi connectivity index (χ3n) is 1.71. The molecule has 0 spiro atoms. The van der Waals surface area contributed by atoms with Crippen LogP contribution in [0.2, 0.25) is 0 Å². The van der Waals surface area contributed by atoms with Gasteiger partial charge in [-0.05, 0) is 25.9 Å². The second-order valence-electron chi connectivity index (χ2n) is 2.40. The van der Waals surface area contributed by atoms with Crippen LogP contribution in [0.4, 0.5) is 0 Å². The van der Waals surface area contributed by atoms with E-state index >= 15 is 0 Å². The first-order valence-electron chi connectivity index (χ1n) is 3.45. The van der Waals surface area contributed by atoms with E-state index < -0.39 is 0 Å². The summed E-state index contributed by atoms with van der Waals surface area (Å²) < 4.78 is 0. The molecule has 0 saturated carbocycles. The van der Waals surface area contributed by atoms with Gasteiger partial charge in [-0.25, -0.2) is 0 Å². The molecule has 0 atom stereocenters. The van der Waals surface area contributed by atoms with Crippen LogP contribution >= 0.6 is 0 Å². The van der Waals surface area contributed by atoms with Crippen molar-refractivity contribution in [1.82, 2.24) is 4.90 Å². The fourth-order valence-corrected chi connectivity index (χ4v) is 1.19. The fraction of sp³-hybridized carbons (Fsp3) is 1.00. The summed E-state index contributed by atoms with van der Waals surface area (Å²) in [6.07, 6.45) is 2.58. The normalized spacial score (nSPS) is 20.4. The lowest BCUT2D eigenvalue weighted by atomic mass is 10.4. The third kappa shape index (κ3) is 2.10. The van der Waals surface area contributed by atoms with Crippen LogP contribution in [-0.2, 0) is 0 Å². The average Bonchev–Trinajstić information content (AvgIpc) is 2.34. The maximum absolute atomic E-state index is 9.68. The lowest BCUT2D eigenvalue weighted by Crippen LogP contribution is -2.21. The highest BCUT2D eigenvalue weighted by molar-refractivity contribution is 4.66. The van der Waals surface area contributed by atoms with Crippen LogP contribution in [0.25, 0.3) is 0 Å². The van der Waals surface area contributed by atoms with Gasteiger partial charge in [-0.15, -0.1) is 0 Å². The number of likely N-dealkylation sites (tertiary alicyclic amines) is 1. The van der Waals surface area contributed by atoms with Crippen molar-refractivity contribution < 1.29 is 0 Å². The van der Waals surface area contributed by atoms with Crippen LogP contribution in [0, 0.1) is 4.91 Å². The molecule has 0 amide bonds. The zero-order valence-electron chi connectivity index (χ0n) is 5.55. The first-order valence-corrected chi connectivity index (χ1v) is 3.45. The van der Waals surface area contributed by atoms with Crippen molar-refractivity contribution in [3.05, 3.63) is 4.91 Å². The molecule has 0 aliphatic carbocycles. The molecule has 0 unspecified atom stereocenters. The molecule has 0 aromatic rings. The van der Waals surface area contributed by atoms with Gasteiger partial charge in [0.05, 0.1) is 6.54 Å². The van der Waals surface area contributed by atoms with Gasteiger partial charge in [0.2, 0.25) is 0 Å². The van der Waals surface area contributed by atoms with Crippen molar-refractivity contribution >= 4 is 0 Å². The second-order valence-corrected chi connectivity index (χ2v) is 2.40. The molecular formula is C6H12N2O. The molecule has 1 fully saturated rings. The van der Waals surface area contributed by atoms with Gasteiger partial charge in [-0.2, -0.15) is 4.91 Å². The highest BCUT2D eigenvalue weighted by atomic mass is 16.3. The van der Waals surface area contributed by atoms with Crippen molar-refractivity contribution in [2.75, 3.05) is 26.2 Å². The summed E-state index contributed by atoms with van der Waals surface area (Å²) in [5.74, 6) is 0. The maximum Gasteiger partial charge on any atom is 0.0938 e. The van der Waals surface area contributed by atoms with E-state index in [1.165, 1.54) is 12.8 Å². The molecule has 1 aliphatic rings. The predicted molar refractivity (Wildman–Crippen MR) is 36.3 cm³/mol. The van der Waals surface area contributed by atoms with E-state index in [1.807, 2.05) is 0 Å². The Balaban J connectivity index is 2.04. The van der Waals surface area contributed by atoms with Gasteiger partial charge in [0.15, 0.2) is 0 Å². The van der Waals surface area contributed by atoms with Gasteiger partial charge in [0, 0.05) is 6.54 Å². The van der Waals surface area contributed by atoms with Crippen LogP contribution < -0.4 is 0 Å². The SMILES string of the molecule is O=NCCN1CCCC1. The molecular weight excluding hydrogens is 116 g/mol. The van der Waals surface area contributed by atoms with Gasteiger partial charge < -0.3 is 4.90 Å². The Hall–Kier alpha value is -0.440. The maximum atomic E-state index is 9.68. The molecule has 52 valence electrons. The van der Waals surface area contributed by atoms with Crippen LogP contribution in [0.15, 0.2) is 5.18 Å². The minimum Gasteiger partial charge on any atom is -0.301 e. The molecule has 0 aromatic carbocycles. The molecule has 1 saturated heterocycles. The first kappa shape index (κ1) is 6.68. The smallest absolute Gasteiger partial charge is 0.0938 e. The summed E-state index contributed by atoms with van der Waals surface area (Å²) in [4.78, 5) is 12.0. The number of nitrogens with zero attached hydrogens (tertiary/aromatic N) is 2. The second kappa shape index (κ2) is 3.56. The molecule has 0 bridgehead atoms. The third-order valence-corrected chi connectivity index (χ3v) is 1.71. The molecule has 0 N–H and O–H groups in total. The molecule has 1 rings (SSSR count). The van der Waals surface area contributed by atoms with E-state index in [0.29, 0.717) is 6.54 Å². The standard InChI is InChI=1S/C6H12N2O/c9-7-3-6-8-4-1-2-5-8/h1-6H2. The van der Waals surface area contributed by atoms with Crippen LogP contribution in [0.1, 0.15) is 12.8 Å². The van der Waals surface area contributed by atoms with Crippen molar-refractivity contribution in [3.8, 4) is 0 Å². The van der Waals surface area contributed by atoms with Crippen LogP contribution in [0.5, 0.6) is 0 Å². The molecule has 3 heteroatoms. The minimum absolute atomic E-state index is 0.458. The van der Waals surface area contributed by atoms with Gasteiger partial charge in [0.25, 0.3) is 0 Å². The zero-order chi connectivity index (χ0) is 6.53. The van der Waals surface area contributed by atoms with Gasteiger partial charge in [-0.3, -0.25) is 0 Å². The Kier molecular flexibility index (Phi) is 2.64. The van der Waals surface area contributed by atoms with Gasteiger partial charge >= 0.3 is 0 Å². The monoisotopic (exact) mass is 128 g/mol. The van der Waals surface area contributed by atoms with Crippen molar-refractivity contribution in [1.29, 1.82) is 0 Å². The lowest BCUT2D eigenvalue weighted by Gasteiger charge is -2.10. The van der Waals surface area contributed by atoms with Crippen LogP contribution in [0.3, 0.4) is 0 Å². The quantitative estimate of drug-likeness (QED) is 0.528. The summed E-state index contributed by atoms with van der Waals surface area (Å²) in [5.41, 5.74) is 0. The molecule has 9 heavy (non-hydrogen) atoms. The number of hydrogen-bond donors (Lipinski definition) is 0. The summed E-state index contributed by atoms with van der Waals surface area (Å²) in [6, 6.07) is 0. The predicted octanol–water partition coefficient (Wildman–Crippen LogP) is 0.849. The van der Waals surface area contributed by atoms with Gasteiger partial charge in [-0.1, -0.05) is 5.18 Å². The highest BCUT2D eigenvalue weighted by Gasteiger charge is 2.09. The van der Waals surface area contributed by atoms with E-state index in [4.69, 9.17) is 0 Å². The zero-order valence-corrected chi connectivity index (χ0v) is 5.55. The van der Waals surface area contributed by atoms with E-state index in [-0.39, 0.29) is 0 Å². The van der Waals surface area contributed by atoms with E-state index in [9.17, 15) is 4.91 Å². The first-order chi connectivity index (χ1) is 4.43.